The molecule has 0 bridgehead atoms. The van der Waals surface area contributed by atoms with Crippen molar-refractivity contribution in [2.24, 2.45) is 27.3 Å². The van der Waals surface area contributed by atoms with Gasteiger partial charge in [-0.05, 0) is 78.8 Å². The van der Waals surface area contributed by atoms with Crippen molar-refractivity contribution in [2.75, 3.05) is 6.54 Å². The Morgan fingerprint density at radius 3 is 2.29 bits per heavy atom. The van der Waals surface area contributed by atoms with Gasteiger partial charge >= 0.3 is 0 Å². The maximum absolute atomic E-state index is 14.4. The van der Waals surface area contributed by atoms with Crippen LogP contribution in [0.1, 0.15) is 87.8 Å². The molecule has 2 aliphatic heterocycles. The summed E-state index contributed by atoms with van der Waals surface area (Å²) in [4.78, 5) is 34.4. The maximum Gasteiger partial charge on any atom is 0.275 e. The number of hydrazine groups is 2. The number of benzene rings is 2. The lowest BCUT2D eigenvalue weighted by Gasteiger charge is -2.48. The zero-order valence-corrected chi connectivity index (χ0v) is 26.2. The van der Waals surface area contributed by atoms with Crippen molar-refractivity contribution in [3.8, 4) is 0 Å². The normalized spacial score (nSPS) is 23.0. The predicted octanol–water partition coefficient (Wildman–Crippen LogP) is 5.61. The summed E-state index contributed by atoms with van der Waals surface area (Å²) in [7, 11) is 0. The van der Waals surface area contributed by atoms with Gasteiger partial charge in [0.05, 0.1) is 12.6 Å². The summed E-state index contributed by atoms with van der Waals surface area (Å²) in [5.74, 6) is 0.893. The highest BCUT2D eigenvalue weighted by atomic mass is 35.5. The highest BCUT2D eigenvalue weighted by molar-refractivity contribution is 6.47. The quantitative estimate of drug-likeness (QED) is 0.325. The van der Waals surface area contributed by atoms with Crippen LogP contribution in [-0.2, 0) is 4.79 Å². The summed E-state index contributed by atoms with van der Waals surface area (Å²) in [5.41, 5.74) is 10.1. The average Bonchev–Trinajstić information content (AvgIpc) is 3.54. The van der Waals surface area contributed by atoms with Crippen molar-refractivity contribution in [3.05, 3.63) is 69.2 Å². The minimum atomic E-state index is -0.662. The number of hydrogen-bond acceptors (Lipinski definition) is 7. The third-order valence-electron chi connectivity index (χ3n) is 8.63. The van der Waals surface area contributed by atoms with Gasteiger partial charge in [0.15, 0.2) is 5.84 Å². The molecule has 9 nitrogen and oxygen atoms in total. The number of carbonyl (C=O) groups is 2. The minimum absolute atomic E-state index is 0.0924. The van der Waals surface area contributed by atoms with E-state index in [0.29, 0.717) is 38.6 Å². The third-order valence-corrected chi connectivity index (χ3v) is 9.07. The molecule has 5 rings (SSSR count). The molecule has 1 spiro atoms. The molecule has 0 radical (unpaired) electrons. The van der Waals surface area contributed by atoms with Gasteiger partial charge < -0.3 is 10.2 Å². The molecule has 2 heterocycles. The van der Waals surface area contributed by atoms with Gasteiger partial charge in [0.2, 0.25) is 0 Å². The molecule has 2 aromatic carbocycles. The molecule has 0 saturated heterocycles. The molecule has 4 N–H and O–H groups in total. The van der Waals surface area contributed by atoms with Crippen LogP contribution in [-0.4, -0.2) is 40.5 Å². The van der Waals surface area contributed by atoms with Gasteiger partial charge in [-0.2, -0.15) is 0 Å². The molecule has 0 aromatic heterocycles. The van der Waals surface area contributed by atoms with Crippen LogP contribution in [0.5, 0.6) is 0 Å². The van der Waals surface area contributed by atoms with E-state index in [2.05, 4.69) is 61.5 Å². The fraction of sp³-hybridized carbons (Fsp3) is 0.484. The van der Waals surface area contributed by atoms with Gasteiger partial charge in [0, 0.05) is 21.2 Å². The number of nitrogens with one attached hydrogen (secondary N) is 4. The van der Waals surface area contributed by atoms with Crippen LogP contribution >= 0.6 is 23.2 Å². The molecule has 42 heavy (non-hydrogen) atoms. The highest BCUT2D eigenvalue weighted by Gasteiger charge is 2.53. The molecule has 2 amide bonds. The number of hydrazone groups is 1. The molecular weight excluding hydrogens is 573 g/mol. The van der Waals surface area contributed by atoms with Crippen LogP contribution in [0, 0.1) is 17.3 Å². The Morgan fingerprint density at radius 1 is 1.10 bits per heavy atom. The molecule has 3 aliphatic rings. The van der Waals surface area contributed by atoms with Crippen molar-refractivity contribution in [2.45, 2.75) is 72.0 Å². The SMILES string of the molecule is CC(C)[C@H](c1ccc(C(=O)NCC2=NNNN2)cc1)N1C(=O)C(c2cc(Cl)cc(Cl)c2)=NC12CCC(C(C)(C)C)CC2. The topological polar surface area (TPSA) is 110 Å². The lowest BCUT2D eigenvalue weighted by molar-refractivity contribution is -0.135. The summed E-state index contributed by atoms with van der Waals surface area (Å²) in [6, 6.07) is 12.5. The Kier molecular flexibility index (Phi) is 8.56. The average molecular weight is 613 g/mol. The van der Waals surface area contributed by atoms with Gasteiger partial charge in [-0.15, -0.1) is 10.6 Å². The van der Waals surface area contributed by atoms with Crippen molar-refractivity contribution < 1.29 is 9.59 Å². The summed E-state index contributed by atoms with van der Waals surface area (Å²) in [6.45, 7) is 11.4. The van der Waals surface area contributed by atoms with Crippen LogP contribution in [0.3, 0.4) is 0 Å². The van der Waals surface area contributed by atoms with Crippen molar-refractivity contribution >= 4 is 46.6 Å². The molecular formula is C31H39Cl2N7O2. The van der Waals surface area contributed by atoms with Gasteiger partial charge in [-0.1, -0.05) is 70.0 Å². The maximum atomic E-state index is 14.4. The summed E-state index contributed by atoms with van der Waals surface area (Å²) >= 11 is 12.7. The molecule has 1 fully saturated rings. The molecule has 1 aliphatic carbocycles. The smallest absolute Gasteiger partial charge is 0.275 e. The first-order valence-corrected chi connectivity index (χ1v) is 15.2. The van der Waals surface area contributed by atoms with E-state index < -0.39 is 5.66 Å². The Morgan fingerprint density at radius 2 is 1.74 bits per heavy atom. The van der Waals surface area contributed by atoms with Gasteiger partial charge in [-0.25, -0.2) is 5.53 Å². The van der Waals surface area contributed by atoms with Crippen LogP contribution in [0.2, 0.25) is 10.0 Å². The molecule has 2 aromatic rings. The Labute approximate surface area is 257 Å². The van der Waals surface area contributed by atoms with E-state index in [1.165, 1.54) is 0 Å². The van der Waals surface area contributed by atoms with E-state index >= 15 is 0 Å². The lowest BCUT2D eigenvalue weighted by Crippen LogP contribution is -2.52. The summed E-state index contributed by atoms with van der Waals surface area (Å²) < 4.78 is 0. The molecule has 1 atom stereocenters. The number of aliphatic imine (C=N–C) groups is 1. The van der Waals surface area contributed by atoms with Crippen LogP contribution < -0.4 is 21.8 Å². The number of amidine groups is 1. The second-order valence-electron chi connectivity index (χ2n) is 12.8. The second kappa shape index (κ2) is 11.9. The number of hydrogen-bond donors (Lipinski definition) is 4. The Bertz CT molecular complexity index is 1390. The van der Waals surface area contributed by atoms with Gasteiger partial charge in [-0.3, -0.25) is 20.0 Å². The molecule has 1 saturated carbocycles. The standard InChI is InChI=1S/C31H39Cl2N7O2/c1-18(2)27(19-6-8-20(9-7-19)28(41)34-17-25-36-38-39-37-25)40-29(42)26(21-14-23(32)16-24(33)15-21)35-31(40)12-10-22(11-13-31)30(3,4)5/h6-9,14-16,18,22,27,38-39H,10-13,17H2,1-5H3,(H,34,41)(H,36,37)/t22?,27-,31?/m1/s1. The largest absolute Gasteiger partial charge is 0.345 e. The van der Waals surface area contributed by atoms with Gasteiger partial charge in [0.25, 0.3) is 11.8 Å². The van der Waals surface area contributed by atoms with Crippen LogP contribution in [0.4, 0.5) is 0 Å². The Hall–Kier alpha value is -3.14. The first-order valence-electron chi connectivity index (χ1n) is 14.5. The van der Waals surface area contributed by atoms with E-state index in [4.69, 9.17) is 28.2 Å². The second-order valence-corrected chi connectivity index (χ2v) is 13.7. The molecule has 0 unspecified atom stereocenters. The predicted molar refractivity (Wildman–Crippen MR) is 167 cm³/mol. The number of amides is 2. The highest BCUT2D eigenvalue weighted by Crippen LogP contribution is 2.50. The monoisotopic (exact) mass is 611 g/mol. The first-order chi connectivity index (χ1) is 19.9. The van der Waals surface area contributed by atoms with Crippen LogP contribution in [0.25, 0.3) is 0 Å². The number of halogens is 2. The van der Waals surface area contributed by atoms with E-state index in [9.17, 15) is 9.59 Å². The number of nitrogens with zero attached hydrogens (tertiary/aromatic N) is 3. The zero-order valence-electron chi connectivity index (χ0n) is 24.7. The van der Waals surface area contributed by atoms with Gasteiger partial charge in [0.1, 0.15) is 11.4 Å². The minimum Gasteiger partial charge on any atom is -0.345 e. The van der Waals surface area contributed by atoms with E-state index in [1.807, 2.05) is 29.2 Å². The summed E-state index contributed by atoms with van der Waals surface area (Å²) in [6.07, 6.45) is 3.53. The van der Waals surface area contributed by atoms with Crippen molar-refractivity contribution in [1.29, 1.82) is 0 Å². The third kappa shape index (κ3) is 6.14. The van der Waals surface area contributed by atoms with E-state index in [-0.39, 0.29) is 35.7 Å². The van der Waals surface area contributed by atoms with E-state index in [0.717, 1.165) is 31.2 Å². The number of rotatable bonds is 7. The van der Waals surface area contributed by atoms with Crippen molar-refractivity contribution in [3.63, 3.8) is 0 Å². The number of carbonyl (C=O) groups excluding carboxylic acids is 2. The van der Waals surface area contributed by atoms with E-state index in [1.54, 1.807) is 18.2 Å². The lowest BCUT2D eigenvalue weighted by atomic mass is 9.69. The van der Waals surface area contributed by atoms with Crippen LogP contribution in [0.15, 0.2) is 52.6 Å². The fourth-order valence-electron chi connectivity index (χ4n) is 6.41. The van der Waals surface area contributed by atoms with Crippen molar-refractivity contribution in [1.82, 2.24) is 26.7 Å². The molecule has 11 heteroatoms. The zero-order chi connectivity index (χ0) is 30.2. The fourth-order valence-corrected chi connectivity index (χ4v) is 6.94. The first kappa shape index (κ1) is 30.3. The Balaban J connectivity index is 1.47. The summed E-state index contributed by atoms with van der Waals surface area (Å²) in [5, 5.41) is 7.76. The molecule has 224 valence electrons.